The van der Waals surface area contributed by atoms with Gasteiger partial charge in [-0.2, -0.15) is 0 Å². The average molecular weight is 395 g/mol. The van der Waals surface area contributed by atoms with Crippen molar-refractivity contribution in [2.45, 2.75) is 18.0 Å². The van der Waals surface area contributed by atoms with E-state index < -0.39 is 0 Å². The molecule has 0 unspecified atom stereocenters. The van der Waals surface area contributed by atoms with Crippen LogP contribution >= 0.6 is 11.8 Å². The van der Waals surface area contributed by atoms with Crippen LogP contribution in [0.5, 0.6) is 11.5 Å². The van der Waals surface area contributed by atoms with Crippen molar-refractivity contribution in [1.82, 2.24) is 14.9 Å². The number of amides is 1. The predicted molar refractivity (Wildman–Crippen MR) is 109 cm³/mol. The molecule has 0 radical (unpaired) electrons. The molecule has 1 amide bonds. The van der Waals surface area contributed by atoms with E-state index in [4.69, 9.17) is 9.47 Å². The van der Waals surface area contributed by atoms with E-state index in [0.29, 0.717) is 24.6 Å². The number of fused-ring (bicyclic) bond motifs is 2. The van der Waals surface area contributed by atoms with Crippen LogP contribution in [-0.4, -0.2) is 47.3 Å². The lowest BCUT2D eigenvalue weighted by atomic mass is 9.99. The molecule has 0 saturated carbocycles. The Balaban J connectivity index is 1.46. The standard InChI is InChI=1S/C21H21N3O3S/c1-26-18-9-14-7-8-24(11-15(14)10-19(18)27-2)20(25)12-28-21-16-5-3-4-6-17(16)22-13-23-21/h3-6,9-10,13H,7-8,11-12H2,1-2H3. The Morgan fingerprint density at radius 2 is 1.86 bits per heavy atom. The zero-order valence-corrected chi connectivity index (χ0v) is 16.7. The Kier molecular flexibility index (Phi) is 5.34. The minimum Gasteiger partial charge on any atom is -0.493 e. The predicted octanol–water partition coefficient (Wildman–Crippen LogP) is 3.32. The molecule has 1 aromatic heterocycles. The highest BCUT2D eigenvalue weighted by atomic mass is 32.2. The highest BCUT2D eigenvalue weighted by Gasteiger charge is 2.23. The fourth-order valence-electron chi connectivity index (χ4n) is 3.41. The fraction of sp³-hybridized carbons (Fsp3) is 0.286. The quantitative estimate of drug-likeness (QED) is 0.488. The normalized spacial score (nSPS) is 13.3. The molecule has 0 bridgehead atoms. The van der Waals surface area contributed by atoms with Crippen molar-refractivity contribution in [3.8, 4) is 11.5 Å². The van der Waals surface area contributed by atoms with Gasteiger partial charge in [-0.15, -0.1) is 0 Å². The molecule has 1 aliphatic rings. The average Bonchev–Trinajstić information content (AvgIpc) is 2.75. The number of nitrogens with zero attached hydrogens (tertiary/aromatic N) is 3. The van der Waals surface area contributed by atoms with Crippen molar-refractivity contribution in [1.29, 1.82) is 0 Å². The SMILES string of the molecule is COc1cc2c(cc1OC)CN(C(=O)CSc1ncnc3ccccc13)CC2. The van der Waals surface area contributed by atoms with E-state index >= 15 is 0 Å². The molecule has 0 saturated heterocycles. The van der Waals surface area contributed by atoms with Crippen molar-refractivity contribution < 1.29 is 14.3 Å². The molecule has 144 valence electrons. The Morgan fingerprint density at radius 1 is 1.11 bits per heavy atom. The van der Waals surface area contributed by atoms with Gasteiger partial charge in [0.05, 0.1) is 25.5 Å². The molecule has 0 spiro atoms. The number of aromatic nitrogens is 2. The van der Waals surface area contributed by atoms with E-state index in [-0.39, 0.29) is 5.91 Å². The van der Waals surface area contributed by atoms with E-state index in [9.17, 15) is 4.79 Å². The van der Waals surface area contributed by atoms with E-state index in [0.717, 1.165) is 33.7 Å². The first-order valence-electron chi connectivity index (χ1n) is 9.03. The molecule has 3 aromatic rings. The van der Waals surface area contributed by atoms with Crippen LogP contribution in [-0.2, 0) is 17.8 Å². The summed E-state index contributed by atoms with van der Waals surface area (Å²) in [5, 5.41) is 1.81. The number of hydrogen-bond donors (Lipinski definition) is 0. The molecule has 2 heterocycles. The lowest BCUT2D eigenvalue weighted by Crippen LogP contribution is -2.37. The zero-order valence-electron chi connectivity index (χ0n) is 15.8. The number of thioether (sulfide) groups is 1. The van der Waals surface area contributed by atoms with Gasteiger partial charge in [0.2, 0.25) is 5.91 Å². The van der Waals surface area contributed by atoms with E-state index in [2.05, 4.69) is 9.97 Å². The van der Waals surface area contributed by atoms with Gasteiger partial charge in [-0.25, -0.2) is 9.97 Å². The van der Waals surface area contributed by atoms with Crippen molar-refractivity contribution >= 4 is 28.6 Å². The van der Waals surface area contributed by atoms with Crippen molar-refractivity contribution in [3.05, 3.63) is 53.9 Å². The first kappa shape index (κ1) is 18.6. The molecule has 1 aliphatic heterocycles. The summed E-state index contributed by atoms with van der Waals surface area (Å²) in [7, 11) is 3.26. The van der Waals surface area contributed by atoms with Gasteiger partial charge in [0.1, 0.15) is 11.4 Å². The third-order valence-corrected chi connectivity index (χ3v) is 5.90. The van der Waals surface area contributed by atoms with Gasteiger partial charge in [0.25, 0.3) is 0 Å². The van der Waals surface area contributed by atoms with Crippen LogP contribution in [0.2, 0.25) is 0 Å². The second-order valence-corrected chi connectivity index (χ2v) is 7.49. The molecule has 4 rings (SSSR count). The summed E-state index contributed by atoms with van der Waals surface area (Å²) < 4.78 is 10.8. The summed E-state index contributed by atoms with van der Waals surface area (Å²) in [6.07, 6.45) is 2.36. The third-order valence-electron chi connectivity index (χ3n) is 4.91. The molecular weight excluding hydrogens is 374 g/mol. The Morgan fingerprint density at radius 3 is 2.64 bits per heavy atom. The summed E-state index contributed by atoms with van der Waals surface area (Å²) >= 11 is 1.46. The second-order valence-electron chi connectivity index (χ2n) is 6.53. The molecule has 0 N–H and O–H groups in total. The van der Waals surface area contributed by atoms with Crippen LogP contribution in [0.3, 0.4) is 0 Å². The van der Waals surface area contributed by atoms with Crippen LogP contribution < -0.4 is 9.47 Å². The van der Waals surface area contributed by atoms with Crippen LogP contribution in [0.15, 0.2) is 47.8 Å². The van der Waals surface area contributed by atoms with Gasteiger partial charge in [0.15, 0.2) is 11.5 Å². The van der Waals surface area contributed by atoms with Crippen LogP contribution in [0.25, 0.3) is 10.9 Å². The number of ether oxygens (including phenoxy) is 2. The smallest absolute Gasteiger partial charge is 0.233 e. The molecule has 0 fully saturated rings. The summed E-state index contributed by atoms with van der Waals surface area (Å²) in [4.78, 5) is 23.3. The first-order valence-corrected chi connectivity index (χ1v) is 10.0. The summed E-state index contributed by atoms with van der Waals surface area (Å²) in [6, 6.07) is 11.8. The molecule has 0 atom stereocenters. The van der Waals surface area contributed by atoms with Gasteiger partial charge < -0.3 is 14.4 Å². The van der Waals surface area contributed by atoms with E-state index in [1.54, 1.807) is 20.5 Å². The number of benzene rings is 2. The van der Waals surface area contributed by atoms with E-state index in [1.807, 2.05) is 41.3 Å². The largest absolute Gasteiger partial charge is 0.493 e. The maximum Gasteiger partial charge on any atom is 0.233 e. The number of methoxy groups -OCH3 is 2. The van der Waals surface area contributed by atoms with Gasteiger partial charge in [-0.1, -0.05) is 30.0 Å². The molecule has 28 heavy (non-hydrogen) atoms. The fourth-order valence-corrected chi connectivity index (χ4v) is 4.31. The highest BCUT2D eigenvalue weighted by Crippen LogP contribution is 2.33. The molecule has 7 heteroatoms. The second kappa shape index (κ2) is 8.06. The van der Waals surface area contributed by atoms with Crippen molar-refractivity contribution in [2.75, 3.05) is 26.5 Å². The minimum atomic E-state index is 0.105. The van der Waals surface area contributed by atoms with Gasteiger partial charge in [-0.3, -0.25) is 4.79 Å². The monoisotopic (exact) mass is 395 g/mol. The molecular formula is C21H21N3O3S. The van der Waals surface area contributed by atoms with Crippen LogP contribution in [0.1, 0.15) is 11.1 Å². The highest BCUT2D eigenvalue weighted by molar-refractivity contribution is 8.00. The Labute approximate surface area is 167 Å². The molecule has 6 nitrogen and oxygen atoms in total. The van der Waals surface area contributed by atoms with Gasteiger partial charge in [0, 0.05) is 18.5 Å². The number of rotatable bonds is 5. The number of carbonyl (C=O) groups excluding carboxylic acids is 1. The summed E-state index contributed by atoms with van der Waals surface area (Å²) in [5.74, 6) is 1.88. The number of para-hydroxylation sites is 1. The van der Waals surface area contributed by atoms with E-state index in [1.165, 1.54) is 17.3 Å². The first-order chi connectivity index (χ1) is 13.7. The maximum atomic E-state index is 12.8. The maximum absolute atomic E-state index is 12.8. The molecule has 2 aromatic carbocycles. The topological polar surface area (TPSA) is 64.6 Å². The molecule has 0 aliphatic carbocycles. The lowest BCUT2D eigenvalue weighted by molar-refractivity contribution is -0.129. The lowest BCUT2D eigenvalue weighted by Gasteiger charge is -2.29. The minimum absolute atomic E-state index is 0.105. The van der Waals surface area contributed by atoms with Crippen molar-refractivity contribution in [3.63, 3.8) is 0 Å². The zero-order chi connectivity index (χ0) is 19.5. The van der Waals surface area contributed by atoms with Crippen molar-refractivity contribution in [2.24, 2.45) is 0 Å². The third kappa shape index (κ3) is 3.62. The van der Waals surface area contributed by atoms with Gasteiger partial charge in [-0.05, 0) is 35.7 Å². The Bertz CT molecular complexity index is 1020. The number of carbonyl (C=O) groups is 1. The van der Waals surface area contributed by atoms with Crippen LogP contribution in [0.4, 0.5) is 0 Å². The Hall–Kier alpha value is -2.80. The van der Waals surface area contributed by atoms with Gasteiger partial charge >= 0.3 is 0 Å². The van der Waals surface area contributed by atoms with Crippen LogP contribution in [0, 0.1) is 0 Å². The summed E-state index contributed by atoms with van der Waals surface area (Å²) in [6.45, 7) is 1.28. The summed E-state index contributed by atoms with van der Waals surface area (Å²) in [5.41, 5.74) is 3.20. The number of hydrogen-bond acceptors (Lipinski definition) is 6.